The van der Waals surface area contributed by atoms with Crippen molar-refractivity contribution in [3.63, 3.8) is 0 Å². The molecule has 1 aromatic carbocycles. The van der Waals surface area contributed by atoms with Crippen molar-refractivity contribution >= 4 is 29.0 Å². The molecule has 0 saturated carbocycles. The zero-order chi connectivity index (χ0) is 16.8. The number of hydrogen-bond donors (Lipinski definition) is 1. The summed E-state index contributed by atoms with van der Waals surface area (Å²) < 4.78 is 18.4. The van der Waals surface area contributed by atoms with Crippen molar-refractivity contribution in [1.82, 2.24) is 5.16 Å². The Kier molecular flexibility index (Phi) is 3.60. The molecule has 2 atom stereocenters. The van der Waals surface area contributed by atoms with Gasteiger partial charge in [0.25, 0.3) is 5.91 Å². The van der Waals surface area contributed by atoms with Crippen LogP contribution < -0.4 is 15.5 Å². The summed E-state index contributed by atoms with van der Waals surface area (Å²) in [6, 6.07) is 6.02. The molecule has 0 bridgehead atoms. The quantitative estimate of drug-likeness (QED) is 0.917. The molecule has 2 unspecified atom stereocenters. The minimum Gasteiger partial charge on any atom is -0.370 e. The monoisotopic (exact) mass is 350 g/mol. The van der Waals surface area contributed by atoms with E-state index < -0.39 is 5.91 Å². The van der Waals surface area contributed by atoms with Crippen LogP contribution >= 0.6 is 11.6 Å². The lowest BCUT2D eigenvalue weighted by Gasteiger charge is -2.23. The lowest BCUT2D eigenvalue weighted by atomic mass is 10.0. The number of hydrogen-bond acceptors (Lipinski definition) is 5. The molecule has 0 spiro atoms. The van der Waals surface area contributed by atoms with Gasteiger partial charge in [-0.25, -0.2) is 4.39 Å². The van der Waals surface area contributed by atoms with Crippen LogP contribution in [-0.4, -0.2) is 37.2 Å². The van der Waals surface area contributed by atoms with Crippen LogP contribution in [0.1, 0.15) is 10.6 Å². The maximum absolute atomic E-state index is 13.5. The van der Waals surface area contributed by atoms with Gasteiger partial charge < -0.3 is 20.1 Å². The van der Waals surface area contributed by atoms with Crippen LogP contribution in [0.15, 0.2) is 28.8 Å². The first-order valence-corrected chi connectivity index (χ1v) is 8.10. The van der Waals surface area contributed by atoms with Gasteiger partial charge in [-0.05, 0) is 18.2 Å². The zero-order valence-electron chi connectivity index (χ0n) is 12.8. The van der Waals surface area contributed by atoms with Crippen LogP contribution in [0.25, 0.3) is 0 Å². The third-order valence-electron chi connectivity index (χ3n) is 4.80. The Morgan fingerprint density at radius 2 is 1.88 bits per heavy atom. The van der Waals surface area contributed by atoms with Crippen molar-refractivity contribution in [2.45, 2.75) is 0 Å². The third-order valence-corrected chi connectivity index (χ3v) is 5.12. The average molecular weight is 351 g/mol. The van der Waals surface area contributed by atoms with E-state index in [1.165, 1.54) is 12.1 Å². The van der Waals surface area contributed by atoms with E-state index in [4.69, 9.17) is 21.9 Å². The number of rotatable bonds is 3. The first-order chi connectivity index (χ1) is 11.5. The minimum absolute atomic E-state index is 0.0650. The molecule has 2 fully saturated rings. The van der Waals surface area contributed by atoms with Crippen LogP contribution in [0.2, 0.25) is 5.02 Å². The molecule has 2 N–H and O–H groups in total. The molecule has 8 heteroatoms. The van der Waals surface area contributed by atoms with Gasteiger partial charge in [0.2, 0.25) is 5.76 Å². The van der Waals surface area contributed by atoms with Crippen LogP contribution in [-0.2, 0) is 0 Å². The van der Waals surface area contributed by atoms with Gasteiger partial charge in [-0.3, -0.25) is 4.79 Å². The second kappa shape index (κ2) is 5.66. The fraction of sp³-hybridized carbons (Fsp3) is 0.375. The summed E-state index contributed by atoms with van der Waals surface area (Å²) in [5.74, 6) is 0.648. The van der Waals surface area contributed by atoms with E-state index in [0.29, 0.717) is 22.7 Å². The summed E-state index contributed by atoms with van der Waals surface area (Å²) in [6.07, 6.45) is 0. The Bertz CT molecular complexity index is 782. The summed E-state index contributed by atoms with van der Waals surface area (Å²) in [6.45, 7) is 3.23. The minimum atomic E-state index is -0.625. The van der Waals surface area contributed by atoms with E-state index in [2.05, 4.69) is 15.0 Å². The van der Waals surface area contributed by atoms with E-state index >= 15 is 0 Å². The predicted octanol–water partition coefficient (Wildman–Crippen LogP) is 2.14. The normalized spacial score (nSPS) is 22.9. The second-order valence-electron chi connectivity index (χ2n) is 6.34. The van der Waals surface area contributed by atoms with Crippen molar-refractivity contribution in [2.24, 2.45) is 17.6 Å². The fourth-order valence-electron chi connectivity index (χ4n) is 3.64. The van der Waals surface area contributed by atoms with E-state index in [0.717, 1.165) is 31.9 Å². The molecule has 2 aliphatic heterocycles. The van der Waals surface area contributed by atoms with E-state index in [9.17, 15) is 9.18 Å². The molecule has 4 rings (SSSR count). The van der Waals surface area contributed by atoms with Crippen molar-refractivity contribution < 1.29 is 13.7 Å². The molecule has 1 aromatic heterocycles. The van der Waals surface area contributed by atoms with Gasteiger partial charge in [0.1, 0.15) is 5.82 Å². The van der Waals surface area contributed by atoms with Crippen molar-refractivity contribution in [3.8, 4) is 0 Å². The van der Waals surface area contributed by atoms with Gasteiger partial charge in [0, 0.05) is 44.1 Å². The smallest absolute Gasteiger partial charge is 0.287 e. The van der Waals surface area contributed by atoms with Gasteiger partial charge in [0.15, 0.2) is 5.82 Å². The number of fused-ring (bicyclic) bond motifs is 1. The second-order valence-corrected chi connectivity index (χ2v) is 6.75. The van der Waals surface area contributed by atoms with Crippen LogP contribution in [0.5, 0.6) is 0 Å². The number of amides is 1. The SMILES string of the molecule is NC(=O)c1cc(N2CC3CN(c4cc(F)ccc4Cl)CC3C2)no1. The van der Waals surface area contributed by atoms with E-state index in [1.54, 1.807) is 12.1 Å². The molecule has 3 heterocycles. The Morgan fingerprint density at radius 1 is 1.21 bits per heavy atom. The summed E-state index contributed by atoms with van der Waals surface area (Å²) in [5, 5.41) is 4.48. The zero-order valence-corrected chi connectivity index (χ0v) is 13.5. The molecule has 2 aliphatic rings. The summed E-state index contributed by atoms with van der Waals surface area (Å²) in [4.78, 5) is 15.3. The highest BCUT2D eigenvalue weighted by molar-refractivity contribution is 6.33. The number of aromatic nitrogens is 1. The fourth-order valence-corrected chi connectivity index (χ4v) is 3.87. The number of carbonyl (C=O) groups is 1. The van der Waals surface area contributed by atoms with Crippen LogP contribution in [0, 0.1) is 17.7 Å². The molecular formula is C16H16ClFN4O2. The number of nitrogens with zero attached hydrogens (tertiary/aromatic N) is 3. The molecule has 0 aliphatic carbocycles. The average Bonchev–Trinajstić information content (AvgIpc) is 3.21. The number of anilines is 2. The first-order valence-electron chi connectivity index (χ1n) is 7.72. The Hall–Kier alpha value is -2.28. The molecular weight excluding hydrogens is 335 g/mol. The van der Waals surface area contributed by atoms with Gasteiger partial charge in [0.05, 0.1) is 10.7 Å². The maximum Gasteiger partial charge on any atom is 0.287 e. The van der Waals surface area contributed by atoms with E-state index in [-0.39, 0.29) is 11.6 Å². The van der Waals surface area contributed by atoms with Crippen LogP contribution in [0.3, 0.4) is 0 Å². The number of benzene rings is 1. The van der Waals surface area contributed by atoms with Gasteiger partial charge in [-0.1, -0.05) is 16.8 Å². The molecule has 0 radical (unpaired) electrons. The largest absolute Gasteiger partial charge is 0.370 e. The first kappa shape index (κ1) is 15.3. The van der Waals surface area contributed by atoms with Crippen molar-refractivity contribution in [3.05, 3.63) is 40.9 Å². The van der Waals surface area contributed by atoms with Crippen LogP contribution in [0.4, 0.5) is 15.9 Å². The number of primary amides is 1. The maximum atomic E-state index is 13.5. The Balaban J connectivity index is 1.46. The van der Waals surface area contributed by atoms with Crippen molar-refractivity contribution in [2.75, 3.05) is 36.0 Å². The highest BCUT2D eigenvalue weighted by Crippen LogP contribution is 2.38. The lowest BCUT2D eigenvalue weighted by Crippen LogP contribution is -2.29. The lowest BCUT2D eigenvalue weighted by molar-refractivity contribution is 0.0965. The predicted molar refractivity (Wildman–Crippen MR) is 87.8 cm³/mol. The molecule has 24 heavy (non-hydrogen) atoms. The molecule has 1 amide bonds. The standard InChI is InChI=1S/C16H16ClFN4O2/c17-12-2-1-11(18)3-13(12)21-5-9-7-22(8-10(9)6-21)15-4-14(16(19)23)24-20-15/h1-4,9-10H,5-8H2,(H2,19,23). The topological polar surface area (TPSA) is 75.6 Å². The number of carbonyl (C=O) groups excluding carboxylic acids is 1. The van der Waals surface area contributed by atoms with E-state index in [1.807, 2.05) is 0 Å². The summed E-state index contributed by atoms with van der Waals surface area (Å²) in [5.41, 5.74) is 5.93. The molecule has 6 nitrogen and oxygen atoms in total. The van der Waals surface area contributed by atoms with Gasteiger partial charge in [-0.2, -0.15) is 0 Å². The Morgan fingerprint density at radius 3 is 2.50 bits per heavy atom. The molecule has 2 saturated heterocycles. The number of nitrogens with two attached hydrogens (primary N) is 1. The highest BCUT2D eigenvalue weighted by Gasteiger charge is 2.41. The number of halogens is 2. The highest BCUT2D eigenvalue weighted by atomic mass is 35.5. The Labute approximate surface area is 142 Å². The third kappa shape index (κ3) is 2.58. The van der Waals surface area contributed by atoms with Gasteiger partial charge >= 0.3 is 0 Å². The van der Waals surface area contributed by atoms with Crippen molar-refractivity contribution in [1.29, 1.82) is 0 Å². The summed E-state index contributed by atoms with van der Waals surface area (Å²) in [7, 11) is 0. The molecule has 2 aromatic rings. The van der Waals surface area contributed by atoms with Gasteiger partial charge in [-0.15, -0.1) is 0 Å². The molecule has 126 valence electrons. The summed E-state index contributed by atoms with van der Waals surface area (Å²) >= 11 is 6.20.